The van der Waals surface area contributed by atoms with Crippen LogP contribution < -0.4 is 15.4 Å². The number of aryl methyl sites for hydroxylation is 2. The van der Waals surface area contributed by atoms with E-state index < -0.39 is 34.5 Å². The normalized spacial score (nSPS) is 18.9. The van der Waals surface area contributed by atoms with E-state index in [1.165, 1.54) is 22.9 Å². The summed E-state index contributed by atoms with van der Waals surface area (Å²) in [6, 6.07) is 5.76. The van der Waals surface area contributed by atoms with Crippen LogP contribution in [0.5, 0.6) is 0 Å². The monoisotopic (exact) mass is 546 g/mol. The van der Waals surface area contributed by atoms with Gasteiger partial charge in [0.15, 0.2) is 5.69 Å². The number of carbonyl (C=O) groups is 3. The number of rotatable bonds is 10. The highest BCUT2D eigenvalue weighted by Crippen LogP contribution is 2.19. The van der Waals surface area contributed by atoms with Crippen molar-refractivity contribution in [2.75, 3.05) is 32.7 Å². The number of carbonyl (C=O) groups excluding carboxylic acids is 2. The van der Waals surface area contributed by atoms with E-state index in [2.05, 4.69) is 20.5 Å². The molecule has 0 aliphatic carbocycles. The molecule has 0 spiro atoms. The lowest BCUT2D eigenvalue weighted by Gasteiger charge is -2.26. The molecule has 1 fully saturated rings. The number of aromatic nitrogens is 2. The van der Waals surface area contributed by atoms with Crippen molar-refractivity contribution >= 4 is 27.8 Å². The van der Waals surface area contributed by atoms with E-state index in [1.54, 1.807) is 24.0 Å². The molecule has 1 saturated heterocycles. The lowest BCUT2D eigenvalue weighted by Crippen LogP contribution is -2.48. The Morgan fingerprint density at radius 1 is 1.21 bits per heavy atom. The summed E-state index contributed by atoms with van der Waals surface area (Å²) < 4.78 is 28.8. The molecule has 0 saturated carbocycles. The number of piperidine rings is 1. The molecular weight excluding hydrogens is 512 g/mol. The minimum Gasteiger partial charge on any atom is -0.480 e. The van der Waals surface area contributed by atoms with Crippen LogP contribution in [0.1, 0.15) is 52.2 Å². The number of benzene rings is 1. The zero-order chi connectivity index (χ0) is 27.3. The number of hydrogen-bond donors (Lipinski definition) is 4. The molecule has 0 radical (unpaired) electrons. The number of amides is 2. The van der Waals surface area contributed by atoms with Gasteiger partial charge in [0.1, 0.15) is 11.7 Å². The predicted octanol–water partition coefficient (Wildman–Crippen LogP) is 0.589. The molecule has 206 valence electrons. The fraction of sp³-hybridized carbons (Fsp3) is 0.520. The molecule has 2 aliphatic rings. The largest absolute Gasteiger partial charge is 0.480 e. The Kier molecular flexibility index (Phi) is 8.80. The number of hydrogen-bond acceptors (Lipinski definition) is 7. The summed E-state index contributed by atoms with van der Waals surface area (Å²) in [5.41, 5.74) is 1.13. The zero-order valence-electron chi connectivity index (χ0n) is 21.4. The van der Waals surface area contributed by atoms with Crippen molar-refractivity contribution in [3.8, 4) is 0 Å². The van der Waals surface area contributed by atoms with Gasteiger partial charge in [-0.3, -0.25) is 19.1 Å². The Balaban J connectivity index is 1.38. The molecule has 2 amide bonds. The summed E-state index contributed by atoms with van der Waals surface area (Å²) in [5.74, 6) is -1.79. The highest BCUT2D eigenvalue weighted by Gasteiger charge is 2.29. The molecule has 2 aromatic rings. The molecule has 2 atom stereocenters. The molecule has 2 unspecified atom stereocenters. The van der Waals surface area contributed by atoms with Crippen LogP contribution >= 0.6 is 0 Å². The van der Waals surface area contributed by atoms with Gasteiger partial charge in [-0.25, -0.2) is 8.42 Å². The van der Waals surface area contributed by atoms with E-state index in [4.69, 9.17) is 0 Å². The van der Waals surface area contributed by atoms with Crippen molar-refractivity contribution in [2.45, 2.75) is 50.1 Å². The summed E-state index contributed by atoms with van der Waals surface area (Å²) in [4.78, 5) is 39.4. The molecular formula is C25H34N6O6S. The second-order valence-electron chi connectivity index (χ2n) is 9.82. The minimum atomic E-state index is -4.12. The van der Waals surface area contributed by atoms with Crippen LogP contribution in [0.15, 0.2) is 35.2 Å². The number of aliphatic carboxylic acids is 1. The second kappa shape index (κ2) is 12.0. The number of carboxylic acid groups (broad SMARTS) is 1. The molecule has 1 aromatic carbocycles. The topological polar surface area (TPSA) is 163 Å². The van der Waals surface area contributed by atoms with Crippen LogP contribution in [0.4, 0.5) is 0 Å². The summed E-state index contributed by atoms with van der Waals surface area (Å²) in [7, 11) is -4.12. The van der Waals surface area contributed by atoms with Crippen molar-refractivity contribution in [1.29, 1.82) is 0 Å². The smallest absolute Gasteiger partial charge is 0.323 e. The fourth-order valence-corrected chi connectivity index (χ4v) is 5.89. The van der Waals surface area contributed by atoms with Crippen LogP contribution in [0, 0.1) is 12.8 Å². The fourth-order valence-electron chi connectivity index (χ4n) is 4.70. The molecule has 4 rings (SSSR count). The van der Waals surface area contributed by atoms with Gasteiger partial charge in [-0.05, 0) is 63.7 Å². The van der Waals surface area contributed by atoms with Gasteiger partial charge < -0.3 is 20.6 Å². The average molecular weight is 547 g/mol. The lowest BCUT2D eigenvalue weighted by atomic mass is 9.96. The first kappa shape index (κ1) is 27.7. The molecule has 4 N–H and O–H groups in total. The highest BCUT2D eigenvalue weighted by atomic mass is 32.2. The second-order valence-corrected chi connectivity index (χ2v) is 11.5. The third-order valence-electron chi connectivity index (χ3n) is 6.92. The van der Waals surface area contributed by atoms with Gasteiger partial charge in [0.05, 0.1) is 4.90 Å². The number of fused-ring (bicyclic) bond motifs is 1. The van der Waals surface area contributed by atoms with Crippen LogP contribution in [0.25, 0.3) is 0 Å². The Morgan fingerprint density at radius 2 is 1.97 bits per heavy atom. The highest BCUT2D eigenvalue weighted by molar-refractivity contribution is 7.89. The van der Waals surface area contributed by atoms with Crippen molar-refractivity contribution < 1.29 is 27.9 Å². The maximum atomic E-state index is 13.2. The first-order valence-electron chi connectivity index (χ1n) is 12.8. The number of nitrogens with zero attached hydrogens (tertiary/aromatic N) is 3. The predicted molar refractivity (Wildman–Crippen MR) is 138 cm³/mol. The Hall–Kier alpha value is -3.29. The van der Waals surface area contributed by atoms with Crippen molar-refractivity contribution in [2.24, 2.45) is 5.92 Å². The van der Waals surface area contributed by atoms with E-state index in [0.29, 0.717) is 37.7 Å². The standard InChI is InChI=1S/C25H34N6O6S/c1-17-5-7-19(8-6-17)38(36,37)29-21(25(34)35)16-27-23(32)20-14-22-24(33)30(11-3-12-31(22)28-20)13-9-18-4-2-10-26-15-18/h5-8,14,18,21,26,29H,2-4,9-13,15-16H2,1H3,(H,27,32)(H,34,35). The van der Waals surface area contributed by atoms with Gasteiger partial charge in [-0.15, -0.1) is 0 Å². The van der Waals surface area contributed by atoms with Gasteiger partial charge in [-0.1, -0.05) is 17.7 Å². The summed E-state index contributed by atoms with van der Waals surface area (Å²) in [6.07, 6.45) is 3.90. The number of sulfonamides is 1. The molecule has 13 heteroatoms. The zero-order valence-corrected chi connectivity index (χ0v) is 22.2. The van der Waals surface area contributed by atoms with E-state index in [0.717, 1.165) is 37.9 Å². The lowest BCUT2D eigenvalue weighted by molar-refractivity contribution is -0.138. The van der Waals surface area contributed by atoms with Crippen LogP contribution in [-0.2, 0) is 21.4 Å². The van der Waals surface area contributed by atoms with Crippen molar-refractivity contribution in [1.82, 2.24) is 30.0 Å². The van der Waals surface area contributed by atoms with Gasteiger partial charge >= 0.3 is 5.97 Å². The average Bonchev–Trinajstić information content (AvgIpc) is 3.27. The first-order chi connectivity index (χ1) is 18.1. The summed E-state index contributed by atoms with van der Waals surface area (Å²) in [5, 5.41) is 19.6. The van der Waals surface area contributed by atoms with E-state index in [9.17, 15) is 27.9 Å². The molecule has 1 aromatic heterocycles. The molecule has 2 aliphatic heterocycles. The Bertz CT molecular complexity index is 1270. The van der Waals surface area contributed by atoms with Crippen LogP contribution in [0.3, 0.4) is 0 Å². The quantitative estimate of drug-likeness (QED) is 0.336. The Labute approximate surface area is 221 Å². The van der Waals surface area contributed by atoms with Crippen LogP contribution in [-0.4, -0.2) is 84.8 Å². The summed E-state index contributed by atoms with van der Waals surface area (Å²) in [6.45, 7) is 5.03. The molecule has 12 nitrogen and oxygen atoms in total. The molecule has 38 heavy (non-hydrogen) atoms. The molecule has 3 heterocycles. The van der Waals surface area contributed by atoms with Gasteiger partial charge in [0.2, 0.25) is 10.0 Å². The van der Waals surface area contributed by atoms with Crippen molar-refractivity contribution in [3.05, 3.63) is 47.3 Å². The van der Waals surface area contributed by atoms with E-state index in [1.807, 2.05) is 0 Å². The third-order valence-corrected chi connectivity index (χ3v) is 8.40. The SMILES string of the molecule is Cc1ccc(S(=O)(=O)NC(CNC(=O)c2cc3n(n2)CCCN(CCC2CCCNC2)C3=O)C(=O)O)cc1. The summed E-state index contributed by atoms with van der Waals surface area (Å²) >= 11 is 0. The van der Waals surface area contributed by atoms with E-state index in [-0.39, 0.29) is 16.5 Å². The maximum Gasteiger partial charge on any atom is 0.323 e. The number of carboxylic acids is 1. The minimum absolute atomic E-state index is 0.0304. The third kappa shape index (κ3) is 6.77. The van der Waals surface area contributed by atoms with Gasteiger partial charge in [0.25, 0.3) is 11.8 Å². The maximum absolute atomic E-state index is 13.2. The Morgan fingerprint density at radius 3 is 2.66 bits per heavy atom. The first-order valence-corrected chi connectivity index (χ1v) is 14.3. The van der Waals surface area contributed by atoms with Gasteiger partial charge in [-0.2, -0.15) is 9.82 Å². The molecule has 0 bridgehead atoms. The van der Waals surface area contributed by atoms with E-state index >= 15 is 0 Å². The van der Waals surface area contributed by atoms with Crippen LogP contribution in [0.2, 0.25) is 0 Å². The van der Waals surface area contributed by atoms with Gasteiger partial charge in [0, 0.05) is 32.2 Å². The van der Waals surface area contributed by atoms with Crippen molar-refractivity contribution in [3.63, 3.8) is 0 Å². The number of nitrogens with one attached hydrogen (secondary N) is 3.